The molecule has 0 heterocycles. The number of rotatable bonds is 2. The molecular weight excluding hydrogens is 255 g/mol. The lowest BCUT2D eigenvalue weighted by atomic mass is 10.2. The summed E-state index contributed by atoms with van der Waals surface area (Å²) in [4.78, 5) is 0. The van der Waals surface area contributed by atoms with Crippen molar-refractivity contribution in [3.63, 3.8) is 0 Å². The van der Waals surface area contributed by atoms with E-state index in [9.17, 15) is 4.39 Å². The number of nitrogen functional groups attached to an aromatic ring is 1. The second-order valence-electron chi connectivity index (χ2n) is 3.52. The van der Waals surface area contributed by atoms with Gasteiger partial charge in [-0.2, -0.15) is 5.26 Å². The summed E-state index contributed by atoms with van der Waals surface area (Å²) in [7, 11) is 0. The first-order valence-electron chi connectivity index (χ1n) is 5.03. The van der Waals surface area contributed by atoms with Crippen LogP contribution in [0.1, 0.15) is 5.56 Å². The van der Waals surface area contributed by atoms with E-state index < -0.39 is 5.82 Å². The van der Waals surface area contributed by atoms with Crippen LogP contribution in [0.5, 0.6) is 11.5 Å². The number of hydrogen-bond donors (Lipinski definition) is 1. The van der Waals surface area contributed by atoms with E-state index in [1.165, 1.54) is 24.3 Å². The van der Waals surface area contributed by atoms with E-state index in [0.29, 0.717) is 16.5 Å². The van der Waals surface area contributed by atoms with Gasteiger partial charge in [-0.25, -0.2) is 4.39 Å². The Morgan fingerprint density at radius 1 is 1.22 bits per heavy atom. The molecule has 18 heavy (non-hydrogen) atoms. The third-order valence-corrected chi connectivity index (χ3v) is 2.56. The summed E-state index contributed by atoms with van der Waals surface area (Å²) in [5, 5.41) is 9.16. The first kappa shape index (κ1) is 12.2. The zero-order valence-electron chi connectivity index (χ0n) is 9.15. The summed E-state index contributed by atoms with van der Waals surface area (Å²) in [6.45, 7) is 0. The van der Waals surface area contributed by atoms with Crippen LogP contribution in [-0.4, -0.2) is 0 Å². The zero-order chi connectivity index (χ0) is 13.1. The minimum Gasteiger partial charge on any atom is -0.454 e. The molecule has 0 unspecified atom stereocenters. The zero-order valence-corrected chi connectivity index (χ0v) is 9.91. The van der Waals surface area contributed by atoms with E-state index in [-0.39, 0.29) is 11.3 Å². The number of nitriles is 1. The van der Waals surface area contributed by atoms with Crippen LogP contribution in [0.2, 0.25) is 5.02 Å². The van der Waals surface area contributed by atoms with Crippen LogP contribution >= 0.6 is 11.6 Å². The van der Waals surface area contributed by atoms with Crippen LogP contribution in [0.25, 0.3) is 0 Å². The maximum Gasteiger partial charge on any atom is 0.148 e. The molecule has 0 amide bonds. The molecule has 2 aromatic rings. The number of halogens is 2. The number of benzene rings is 2. The Morgan fingerprint density at radius 2 is 2.00 bits per heavy atom. The lowest BCUT2D eigenvalue weighted by molar-refractivity contribution is 0.475. The number of nitrogens with zero attached hydrogens (tertiary/aromatic N) is 1. The van der Waals surface area contributed by atoms with Crippen LogP contribution in [0.4, 0.5) is 10.1 Å². The minimum atomic E-state index is -0.637. The van der Waals surface area contributed by atoms with Crippen molar-refractivity contribution in [3.05, 3.63) is 52.8 Å². The van der Waals surface area contributed by atoms with E-state index in [4.69, 9.17) is 27.3 Å². The van der Waals surface area contributed by atoms with E-state index in [0.717, 1.165) is 0 Å². The van der Waals surface area contributed by atoms with Crippen LogP contribution in [-0.2, 0) is 0 Å². The second-order valence-corrected chi connectivity index (χ2v) is 3.92. The largest absolute Gasteiger partial charge is 0.454 e. The molecule has 0 aliphatic carbocycles. The number of anilines is 1. The van der Waals surface area contributed by atoms with E-state index in [2.05, 4.69) is 0 Å². The van der Waals surface area contributed by atoms with Crippen LogP contribution in [0.15, 0.2) is 36.4 Å². The van der Waals surface area contributed by atoms with Gasteiger partial charge in [-0.05, 0) is 30.3 Å². The molecule has 0 saturated carbocycles. The van der Waals surface area contributed by atoms with Crippen molar-refractivity contribution in [2.24, 2.45) is 0 Å². The maximum absolute atomic E-state index is 13.4. The fourth-order valence-electron chi connectivity index (χ4n) is 1.42. The summed E-state index contributed by atoms with van der Waals surface area (Å²) in [6, 6.07) is 10.6. The summed E-state index contributed by atoms with van der Waals surface area (Å²) < 4.78 is 18.8. The van der Waals surface area contributed by atoms with Crippen LogP contribution < -0.4 is 10.5 Å². The van der Waals surface area contributed by atoms with Gasteiger partial charge in [0.05, 0.1) is 5.02 Å². The molecule has 0 bridgehead atoms. The molecular formula is C13H8ClFN2O. The summed E-state index contributed by atoms with van der Waals surface area (Å²) in [6.07, 6.45) is 0. The summed E-state index contributed by atoms with van der Waals surface area (Å²) >= 11 is 5.93. The van der Waals surface area contributed by atoms with Crippen molar-refractivity contribution in [2.45, 2.75) is 0 Å². The van der Waals surface area contributed by atoms with Crippen molar-refractivity contribution in [3.8, 4) is 17.6 Å². The molecule has 0 radical (unpaired) electrons. The molecule has 0 fully saturated rings. The molecule has 0 spiro atoms. The second kappa shape index (κ2) is 4.94. The SMILES string of the molecule is N#Cc1c(F)cccc1Oc1ccc(N)cc1Cl. The molecule has 90 valence electrons. The van der Waals surface area contributed by atoms with Gasteiger partial charge in [0.2, 0.25) is 0 Å². The van der Waals surface area contributed by atoms with Crippen molar-refractivity contribution < 1.29 is 9.13 Å². The fourth-order valence-corrected chi connectivity index (χ4v) is 1.64. The van der Waals surface area contributed by atoms with Gasteiger partial charge in [0, 0.05) is 5.69 Å². The molecule has 0 atom stereocenters. The van der Waals surface area contributed by atoms with Gasteiger partial charge < -0.3 is 10.5 Å². The molecule has 5 heteroatoms. The number of ether oxygens (including phenoxy) is 1. The first-order valence-corrected chi connectivity index (χ1v) is 5.41. The highest BCUT2D eigenvalue weighted by Crippen LogP contribution is 2.32. The standard InChI is InChI=1S/C13H8ClFN2O/c14-10-6-8(17)4-5-13(10)18-12-3-1-2-11(15)9(12)7-16/h1-6H,17H2. The van der Waals surface area contributed by atoms with Crippen molar-refractivity contribution in [1.29, 1.82) is 5.26 Å². The predicted molar refractivity (Wildman–Crippen MR) is 67.1 cm³/mol. The Labute approximate surface area is 108 Å². The normalized spacial score (nSPS) is 9.83. The lowest BCUT2D eigenvalue weighted by Crippen LogP contribution is -1.93. The van der Waals surface area contributed by atoms with Crippen LogP contribution in [0.3, 0.4) is 0 Å². The van der Waals surface area contributed by atoms with Gasteiger partial charge in [0.25, 0.3) is 0 Å². The molecule has 0 aliphatic rings. The Balaban J connectivity index is 2.41. The van der Waals surface area contributed by atoms with Gasteiger partial charge >= 0.3 is 0 Å². The summed E-state index contributed by atoms with van der Waals surface area (Å²) in [5.74, 6) is -0.210. The number of hydrogen-bond acceptors (Lipinski definition) is 3. The van der Waals surface area contributed by atoms with Gasteiger partial charge in [0.15, 0.2) is 0 Å². The number of nitrogens with two attached hydrogens (primary N) is 1. The monoisotopic (exact) mass is 262 g/mol. The Bertz CT molecular complexity index is 637. The molecule has 0 aliphatic heterocycles. The van der Waals surface area contributed by atoms with E-state index >= 15 is 0 Å². The van der Waals surface area contributed by atoms with Gasteiger partial charge in [-0.1, -0.05) is 17.7 Å². The average Bonchev–Trinajstić information content (AvgIpc) is 2.33. The predicted octanol–water partition coefficient (Wildman–Crippen LogP) is 3.73. The highest BCUT2D eigenvalue weighted by atomic mass is 35.5. The van der Waals surface area contributed by atoms with E-state index in [1.807, 2.05) is 0 Å². The maximum atomic E-state index is 13.4. The lowest BCUT2D eigenvalue weighted by Gasteiger charge is -2.09. The van der Waals surface area contributed by atoms with Gasteiger partial charge in [0.1, 0.15) is 28.9 Å². The van der Waals surface area contributed by atoms with E-state index in [1.54, 1.807) is 18.2 Å². The van der Waals surface area contributed by atoms with Gasteiger partial charge in [-0.3, -0.25) is 0 Å². The smallest absolute Gasteiger partial charge is 0.148 e. The molecule has 2 N–H and O–H groups in total. The molecule has 2 rings (SSSR count). The third-order valence-electron chi connectivity index (χ3n) is 2.26. The summed E-state index contributed by atoms with van der Waals surface area (Å²) in [5.41, 5.74) is 5.88. The average molecular weight is 263 g/mol. The molecule has 0 aromatic heterocycles. The highest BCUT2D eigenvalue weighted by Gasteiger charge is 2.11. The van der Waals surface area contributed by atoms with Crippen molar-refractivity contribution in [1.82, 2.24) is 0 Å². The molecule has 2 aromatic carbocycles. The quantitative estimate of drug-likeness (QED) is 0.839. The first-order chi connectivity index (χ1) is 8.61. The Morgan fingerprint density at radius 3 is 2.67 bits per heavy atom. The molecule has 0 saturated heterocycles. The highest BCUT2D eigenvalue weighted by molar-refractivity contribution is 6.32. The Kier molecular flexibility index (Phi) is 3.35. The fraction of sp³-hybridized carbons (Fsp3) is 0. The van der Waals surface area contributed by atoms with Gasteiger partial charge in [-0.15, -0.1) is 0 Å². The van der Waals surface area contributed by atoms with Crippen molar-refractivity contribution >= 4 is 17.3 Å². The minimum absolute atomic E-state index is 0.115. The third kappa shape index (κ3) is 2.36. The Hall–Kier alpha value is -2.25. The van der Waals surface area contributed by atoms with Crippen LogP contribution in [0, 0.1) is 17.1 Å². The van der Waals surface area contributed by atoms with Crippen molar-refractivity contribution in [2.75, 3.05) is 5.73 Å². The topological polar surface area (TPSA) is 59.0 Å². The molecule has 3 nitrogen and oxygen atoms in total.